The fourth-order valence-corrected chi connectivity index (χ4v) is 2.87. The van der Waals surface area contributed by atoms with Gasteiger partial charge in [-0.1, -0.05) is 12.8 Å². The topological polar surface area (TPSA) is 26.8 Å². The van der Waals surface area contributed by atoms with E-state index in [-0.39, 0.29) is 44.0 Å². The van der Waals surface area contributed by atoms with Gasteiger partial charge in [0.25, 0.3) is 0 Å². The maximum Gasteiger partial charge on any atom is 0.207 e. The van der Waals surface area contributed by atoms with Crippen molar-refractivity contribution in [3.63, 3.8) is 0 Å². The normalized spacial score (nSPS) is 26.3. The predicted molar refractivity (Wildman–Crippen MR) is 72.6 cm³/mol. The molecule has 0 aromatic carbocycles. The molecule has 2 rings (SSSR count). The molecule has 0 saturated carbocycles. The second kappa shape index (κ2) is 6.97. The van der Waals surface area contributed by atoms with Crippen molar-refractivity contribution >= 4 is 5.91 Å². The number of nitrogens with zero attached hydrogens (tertiary/aromatic N) is 3. The van der Waals surface area contributed by atoms with Crippen molar-refractivity contribution in [3.8, 4) is 0 Å². The van der Waals surface area contributed by atoms with Gasteiger partial charge in [0.15, 0.2) is 0 Å². The van der Waals surface area contributed by atoms with Crippen LogP contribution in [-0.4, -0.2) is 67.4 Å². The van der Waals surface area contributed by atoms with E-state index in [9.17, 15) is 4.79 Å². The largest absolute Gasteiger partial charge is 0.490 e. The van der Waals surface area contributed by atoms with Crippen LogP contribution < -0.4 is 0 Å². The van der Waals surface area contributed by atoms with Crippen LogP contribution in [0.1, 0.15) is 19.8 Å². The maximum atomic E-state index is 12.1. The Morgan fingerprint density at radius 3 is 2.37 bits per heavy atom. The Labute approximate surface area is 142 Å². The molecule has 0 N–H and O–H groups in total. The molecule has 0 unspecified atom stereocenters. The molecule has 2 aliphatic rings. The van der Waals surface area contributed by atoms with Gasteiger partial charge in [0.05, 0.1) is 6.54 Å². The third-order valence-corrected chi connectivity index (χ3v) is 4.21. The summed E-state index contributed by atoms with van der Waals surface area (Å²) in [7, 11) is 4.15. The van der Waals surface area contributed by atoms with Crippen molar-refractivity contribution in [2.24, 2.45) is 5.41 Å². The Hall–Kier alpha value is 0.494. The number of likely N-dealkylation sites (N-methyl/N-ethyl adjacent to an activating group) is 1. The molecular formula is C14H25N3OY-2. The van der Waals surface area contributed by atoms with Crippen LogP contribution in [0.25, 0.3) is 0 Å². The van der Waals surface area contributed by atoms with E-state index in [2.05, 4.69) is 30.7 Å². The average Bonchev–Trinajstić information content (AvgIpc) is 2.28. The molecule has 4 nitrogen and oxygen atoms in total. The molecule has 19 heavy (non-hydrogen) atoms. The van der Waals surface area contributed by atoms with Gasteiger partial charge in [0.2, 0.25) is 5.91 Å². The van der Waals surface area contributed by atoms with Crippen LogP contribution in [0, 0.1) is 18.4 Å². The number of hydrogen-bond acceptors (Lipinski definition) is 3. The van der Waals surface area contributed by atoms with Gasteiger partial charge in [0, 0.05) is 32.7 Å². The minimum Gasteiger partial charge on any atom is -0.490 e. The minimum atomic E-state index is 0. The fourth-order valence-electron chi connectivity index (χ4n) is 2.87. The van der Waals surface area contributed by atoms with Crippen LogP contribution in [0.3, 0.4) is 0 Å². The zero-order valence-corrected chi connectivity index (χ0v) is 15.3. The van der Waals surface area contributed by atoms with Crippen molar-refractivity contribution in [2.45, 2.75) is 19.8 Å². The van der Waals surface area contributed by atoms with Crippen molar-refractivity contribution in [2.75, 3.05) is 46.8 Å². The molecule has 0 aliphatic carbocycles. The number of piperazine rings is 1. The zero-order chi connectivity index (χ0) is 13.3. The van der Waals surface area contributed by atoms with Gasteiger partial charge < -0.3 is 21.6 Å². The van der Waals surface area contributed by atoms with Gasteiger partial charge >= 0.3 is 0 Å². The van der Waals surface area contributed by atoms with Crippen molar-refractivity contribution in [1.82, 2.24) is 14.7 Å². The van der Waals surface area contributed by atoms with E-state index in [1.54, 1.807) is 0 Å². The smallest absolute Gasteiger partial charge is 0.207 e. The molecule has 0 atom stereocenters. The number of likely N-dealkylation sites (tertiary alicyclic amines) is 1. The Bertz CT molecular complexity index is 316. The van der Waals surface area contributed by atoms with Crippen LogP contribution in [0.4, 0.5) is 0 Å². The van der Waals surface area contributed by atoms with E-state index >= 15 is 0 Å². The average molecular weight is 340 g/mol. The van der Waals surface area contributed by atoms with E-state index in [0.29, 0.717) is 6.54 Å². The van der Waals surface area contributed by atoms with Gasteiger partial charge in [-0.3, -0.25) is 4.79 Å². The maximum absolute atomic E-state index is 12.1. The van der Waals surface area contributed by atoms with E-state index in [4.69, 9.17) is 0 Å². The molecule has 2 heterocycles. The summed E-state index contributed by atoms with van der Waals surface area (Å²) in [6.45, 7) is 10.9. The monoisotopic (exact) mass is 340 g/mol. The summed E-state index contributed by atoms with van der Waals surface area (Å²) < 4.78 is 0. The van der Waals surface area contributed by atoms with Gasteiger partial charge in [-0.2, -0.15) is 6.92 Å². The summed E-state index contributed by atoms with van der Waals surface area (Å²) in [5, 5.41) is 0. The molecule has 2 fully saturated rings. The molecule has 2 saturated heterocycles. The number of amides is 1. The summed E-state index contributed by atoms with van der Waals surface area (Å²) in [4.78, 5) is 18.5. The first kappa shape index (κ1) is 17.5. The molecule has 0 spiro atoms. The van der Waals surface area contributed by atoms with E-state index in [1.165, 1.54) is 0 Å². The molecule has 0 aromatic rings. The molecule has 1 radical (unpaired) electrons. The number of carbonyl (C=O) groups excluding carboxylic acids is 1. The summed E-state index contributed by atoms with van der Waals surface area (Å²) in [5.41, 5.74) is 0.0410. The molecule has 1 amide bonds. The Balaban J connectivity index is 0.00000180. The second-order valence-electron chi connectivity index (χ2n) is 6.19. The van der Waals surface area contributed by atoms with Gasteiger partial charge in [-0.05, 0) is 33.7 Å². The van der Waals surface area contributed by atoms with Crippen LogP contribution >= 0.6 is 0 Å². The van der Waals surface area contributed by atoms with Gasteiger partial charge in [0.1, 0.15) is 0 Å². The number of carbonyl (C=O) groups is 1. The quantitative estimate of drug-likeness (QED) is 0.698. The number of piperidine rings is 1. The Morgan fingerprint density at radius 1 is 1.26 bits per heavy atom. The zero-order valence-electron chi connectivity index (χ0n) is 12.5. The van der Waals surface area contributed by atoms with Gasteiger partial charge in [-0.15, -0.1) is 12.0 Å². The van der Waals surface area contributed by atoms with E-state index in [0.717, 1.165) is 45.1 Å². The third-order valence-electron chi connectivity index (χ3n) is 4.21. The molecule has 107 valence electrons. The fraction of sp³-hybridized carbons (Fsp3) is 0.786. The van der Waals surface area contributed by atoms with Crippen LogP contribution in [0.15, 0.2) is 0 Å². The predicted octanol–water partition coefficient (Wildman–Crippen LogP) is 0.856. The van der Waals surface area contributed by atoms with Crippen LogP contribution in [0.5, 0.6) is 0 Å². The summed E-state index contributed by atoms with van der Waals surface area (Å²) in [6, 6.07) is 1.16. The first-order valence-electron chi connectivity index (χ1n) is 6.75. The summed E-state index contributed by atoms with van der Waals surface area (Å²) in [6.07, 6.45) is 2.16. The summed E-state index contributed by atoms with van der Waals surface area (Å²) >= 11 is 0. The summed E-state index contributed by atoms with van der Waals surface area (Å²) in [5.74, 6) is 0.225. The van der Waals surface area contributed by atoms with Crippen molar-refractivity contribution in [3.05, 3.63) is 13.0 Å². The molecular weight excluding hydrogens is 315 g/mol. The molecule has 0 bridgehead atoms. The van der Waals surface area contributed by atoms with Gasteiger partial charge in [-0.25, -0.2) is 6.04 Å². The third kappa shape index (κ3) is 4.48. The van der Waals surface area contributed by atoms with Crippen molar-refractivity contribution in [1.29, 1.82) is 0 Å². The Morgan fingerprint density at radius 2 is 1.84 bits per heavy atom. The van der Waals surface area contributed by atoms with E-state index in [1.807, 2.05) is 11.9 Å². The molecule has 5 heteroatoms. The van der Waals surface area contributed by atoms with Crippen LogP contribution in [-0.2, 0) is 37.5 Å². The first-order chi connectivity index (χ1) is 8.39. The number of rotatable bonds is 2. The Kier molecular flexibility index (Phi) is 6.44. The second-order valence-corrected chi connectivity index (χ2v) is 6.19. The number of hydrogen-bond donors (Lipinski definition) is 0. The standard InChI is InChI=1S/C14H25N3O.Y/c1-12-9-16(4)10-13(18)17(12)11-14(2)5-7-15(3)8-6-14;/h2,5-11H2,1,3-4H3;/q-2;. The van der Waals surface area contributed by atoms with Crippen molar-refractivity contribution < 1.29 is 37.5 Å². The molecule has 2 aliphatic heterocycles. The minimum absolute atomic E-state index is 0. The first-order valence-corrected chi connectivity index (χ1v) is 6.75. The SMILES string of the molecule is [CH2-]C1(CN2C(=O)CN(C)C[C-]2C)CCN(C)CC1.[Y]. The molecule has 0 aromatic heterocycles. The van der Waals surface area contributed by atoms with E-state index < -0.39 is 0 Å². The van der Waals surface area contributed by atoms with Crippen LogP contribution in [0.2, 0.25) is 0 Å².